The Balaban J connectivity index is 1.77. The first-order valence-corrected chi connectivity index (χ1v) is 6.18. The van der Waals surface area contributed by atoms with E-state index in [0.29, 0.717) is 5.56 Å². The summed E-state index contributed by atoms with van der Waals surface area (Å²) in [6.07, 6.45) is 1.79. The highest BCUT2D eigenvalue weighted by atomic mass is 16.5. The molecular formula is C16H14O2. The van der Waals surface area contributed by atoms with Gasteiger partial charge in [0.25, 0.3) is 0 Å². The van der Waals surface area contributed by atoms with Gasteiger partial charge < -0.3 is 4.74 Å². The molecule has 2 aromatic rings. The Morgan fingerprint density at radius 1 is 1.00 bits per heavy atom. The quantitative estimate of drug-likeness (QED) is 0.748. The van der Waals surface area contributed by atoms with E-state index in [0.717, 1.165) is 18.4 Å². The monoisotopic (exact) mass is 238 g/mol. The number of aryl methyl sites for hydroxylation is 1. The molecule has 2 heteroatoms. The Bertz CT molecular complexity index is 560. The topological polar surface area (TPSA) is 26.3 Å². The molecule has 3 rings (SSSR count). The minimum Gasteiger partial charge on any atom is -0.454 e. The molecule has 0 fully saturated rings. The zero-order valence-electron chi connectivity index (χ0n) is 10.0. The lowest BCUT2D eigenvalue weighted by Crippen LogP contribution is -2.09. The average Bonchev–Trinajstić information content (AvgIpc) is 2.83. The minimum absolute atomic E-state index is 0.0890. The molecule has 1 aliphatic rings. The molecule has 18 heavy (non-hydrogen) atoms. The Hall–Kier alpha value is -2.09. The summed E-state index contributed by atoms with van der Waals surface area (Å²) in [5, 5.41) is 0. The van der Waals surface area contributed by atoms with Crippen molar-refractivity contribution in [1.29, 1.82) is 0 Å². The normalized spacial score (nSPS) is 17.2. The van der Waals surface area contributed by atoms with Crippen LogP contribution in [-0.2, 0) is 11.2 Å². The molecule has 0 heterocycles. The second-order valence-corrected chi connectivity index (χ2v) is 4.50. The van der Waals surface area contributed by atoms with Gasteiger partial charge >= 0.3 is 5.97 Å². The largest absolute Gasteiger partial charge is 0.454 e. The van der Waals surface area contributed by atoms with E-state index in [2.05, 4.69) is 6.07 Å². The highest BCUT2D eigenvalue weighted by Gasteiger charge is 2.25. The second-order valence-electron chi connectivity index (χ2n) is 4.50. The summed E-state index contributed by atoms with van der Waals surface area (Å²) in [6, 6.07) is 17.3. The van der Waals surface area contributed by atoms with Crippen LogP contribution in [0.1, 0.15) is 34.0 Å². The number of rotatable bonds is 2. The summed E-state index contributed by atoms with van der Waals surface area (Å²) < 4.78 is 5.58. The van der Waals surface area contributed by atoms with Crippen molar-refractivity contribution in [3.8, 4) is 0 Å². The minimum atomic E-state index is -0.239. The Morgan fingerprint density at radius 3 is 2.56 bits per heavy atom. The van der Waals surface area contributed by atoms with Gasteiger partial charge in [-0.25, -0.2) is 4.79 Å². The molecule has 0 bridgehead atoms. The summed E-state index contributed by atoms with van der Waals surface area (Å²) in [5.74, 6) is -0.239. The first-order valence-electron chi connectivity index (χ1n) is 6.18. The molecular weight excluding hydrogens is 224 g/mol. The molecule has 0 amide bonds. The number of esters is 1. The maximum Gasteiger partial charge on any atom is 0.338 e. The van der Waals surface area contributed by atoms with Crippen LogP contribution < -0.4 is 0 Å². The smallest absolute Gasteiger partial charge is 0.338 e. The van der Waals surface area contributed by atoms with Gasteiger partial charge in [-0.05, 0) is 36.1 Å². The van der Waals surface area contributed by atoms with Crippen LogP contribution in [0.5, 0.6) is 0 Å². The number of hydrogen-bond acceptors (Lipinski definition) is 2. The van der Waals surface area contributed by atoms with E-state index in [-0.39, 0.29) is 12.1 Å². The molecule has 90 valence electrons. The zero-order valence-corrected chi connectivity index (χ0v) is 10.0. The van der Waals surface area contributed by atoms with Crippen LogP contribution in [0.4, 0.5) is 0 Å². The third-order valence-electron chi connectivity index (χ3n) is 3.34. The summed E-state index contributed by atoms with van der Waals surface area (Å²) in [7, 11) is 0. The van der Waals surface area contributed by atoms with Gasteiger partial charge in [0.15, 0.2) is 0 Å². The number of fused-ring (bicyclic) bond motifs is 1. The summed E-state index contributed by atoms with van der Waals surface area (Å²) >= 11 is 0. The van der Waals surface area contributed by atoms with Gasteiger partial charge in [0.05, 0.1) is 5.56 Å². The van der Waals surface area contributed by atoms with Crippen molar-refractivity contribution in [2.75, 3.05) is 0 Å². The molecule has 1 unspecified atom stereocenters. The summed E-state index contributed by atoms with van der Waals surface area (Å²) in [4.78, 5) is 12.0. The van der Waals surface area contributed by atoms with E-state index in [1.54, 1.807) is 12.1 Å². The Kier molecular flexibility index (Phi) is 2.85. The van der Waals surface area contributed by atoms with Crippen LogP contribution in [0.25, 0.3) is 0 Å². The maximum atomic E-state index is 12.0. The van der Waals surface area contributed by atoms with Crippen LogP contribution in [0.2, 0.25) is 0 Å². The van der Waals surface area contributed by atoms with Crippen molar-refractivity contribution in [2.24, 2.45) is 0 Å². The number of ether oxygens (including phenoxy) is 1. The molecule has 2 aromatic carbocycles. The van der Waals surface area contributed by atoms with E-state index in [1.165, 1.54) is 5.56 Å². The highest BCUT2D eigenvalue weighted by Crippen LogP contribution is 2.34. The SMILES string of the molecule is O=C(OC1CCc2ccccc21)c1ccccc1. The molecule has 0 N–H and O–H groups in total. The maximum absolute atomic E-state index is 12.0. The molecule has 0 spiro atoms. The fraction of sp³-hybridized carbons (Fsp3) is 0.188. The number of benzene rings is 2. The van der Waals surface area contributed by atoms with E-state index in [4.69, 9.17) is 4.74 Å². The third kappa shape index (κ3) is 2.02. The van der Waals surface area contributed by atoms with Crippen LogP contribution in [0.15, 0.2) is 54.6 Å². The van der Waals surface area contributed by atoms with Gasteiger partial charge in [-0.2, -0.15) is 0 Å². The van der Waals surface area contributed by atoms with Crippen LogP contribution in [-0.4, -0.2) is 5.97 Å². The fourth-order valence-electron chi connectivity index (χ4n) is 2.41. The van der Waals surface area contributed by atoms with Crippen LogP contribution in [0.3, 0.4) is 0 Å². The van der Waals surface area contributed by atoms with Gasteiger partial charge in [-0.15, -0.1) is 0 Å². The summed E-state index contributed by atoms with van der Waals surface area (Å²) in [5.41, 5.74) is 3.06. The third-order valence-corrected chi connectivity index (χ3v) is 3.34. The first-order chi connectivity index (χ1) is 8.84. The van der Waals surface area contributed by atoms with E-state index < -0.39 is 0 Å². The van der Waals surface area contributed by atoms with Crippen LogP contribution in [0, 0.1) is 0 Å². The predicted molar refractivity (Wildman–Crippen MR) is 69.4 cm³/mol. The van der Waals surface area contributed by atoms with Gasteiger partial charge in [-0.1, -0.05) is 42.5 Å². The Labute approximate surface area is 106 Å². The molecule has 0 aromatic heterocycles. The van der Waals surface area contributed by atoms with Gasteiger partial charge in [0.2, 0.25) is 0 Å². The number of carbonyl (C=O) groups is 1. The molecule has 2 nitrogen and oxygen atoms in total. The molecule has 1 atom stereocenters. The van der Waals surface area contributed by atoms with Crippen molar-refractivity contribution in [3.63, 3.8) is 0 Å². The highest BCUT2D eigenvalue weighted by molar-refractivity contribution is 5.89. The van der Waals surface area contributed by atoms with Crippen molar-refractivity contribution < 1.29 is 9.53 Å². The van der Waals surface area contributed by atoms with Gasteiger partial charge in [-0.3, -0.25) is 0 Å². The molecule has 0 aliphatic heterocycles. The number of hydrogen-bond donors (Lipinski definition) is 0. The summed E-state index contributed by atoms with van der Waals surface area (Å²) in [6.45, 7) is 0. The van der Waals surface area contributed by atoms with E-state index >= 15 is 0 Å². The second kappa shape index (κ2) is 4.65. The predicted octanol–water partition coefficient (Wildman–Crippen LogP) is 3.53. The van der Waals surface area contributed by atoms with Crippen molar-refractivity contribution in [1.82, 2.24) is 0 Å². The lowest BCUT2D eigenvalue weighted by atomic mass is 10.1. The van der Waals surface area contributed by atoms with Crippen molar-refractivity contribution in [3.05, 3.63) is 71.3 Å². The van der Waals surface area contributed by atoms with Gasteiger partial charge in [0.1, 0.15) is 6.10 Å². The van der Waals surface area contributed by atoms with Gasteiger partial charge in [0, 0.05) is 0 Å². The van der Waals surface area contributed by atoms with Crippen molar-refractivity contribution in [2.45, 2.75) is 18.9 Å². The molecule has 0 saturated heterocycles. The van der Waals surface area contributed by atoms with Crippen molar-refractivity contribution >= 4 is 5.97 Å². The Morgan fingerprint density at radius 2 is 1.72 bits per heavy atom. The van der Waals surface area contributed by atoms with E-state index in [9.17, 15) is 4.79 Å². The fourth-order valence-corrected chi connectivity index (χ4v) is 2.41. The molecule has 1 aliphatic carbocycles. The lowest BCUT2D eigenvalue weighted by Gasteiger charge is -2.13. The number of carbonyl (C=O) groups excluding carboxylic acids is 1. The van der Waals surface area contributed by atoms with Crippen LogP contribution >= 0.6 is 0 Å². The average molecular weight is 238 g/mol. The first kappa shape index (κ1) is 11.0. The standard InChI is InChI=1S/C16H14O2/c17-16(13-7-2-1-3-8-13)18-15-11-10-12-6-4-5-9-14(12)15/h1-9,15H,10-11H2. The van der Waals surface area contributed by atoms with E-state index in [1.807, 2.05) is 36.4 Å². The molecule has 0 radical (unpaired) electrons. The molecule has 0 saturated carbocycles. The zero-order chi connectivity index (χ0) is 12.4. The lowest BCUT2D eigenvalue weighted by molar-refractivity contribution is 0.0301.